The van der Waals surface area contributed by atoms with Crippen LogP contribution in [0, 0.1) is 16.2 Å². The summed E-state index contributed by atoms with van der Waals surface area (Å²) in [6, 6.07) is 0. The number of hydrogen-bond donors (Lipinski definition) is 0. The van der Waals surface area contributed by atoms with Crippen molar-refractivity contribution in [2.24, 2.45) is 16.2 Å². The Kier molecular flexibility index (Phi) is 2.91. The number of likely N-dealkylation sites (N-methyl/N-ethyl adjacent to an activating group) is 1. The van der Waals surface area contributed by atoms with E-state index in [1.54, 1.807) is 4.90 Å². The fourth-order valence-electron chi connectivity index (χ4n) is 4.52. The molecule has 116 valence electrons. The molecule has 0 aromatic carbocycles. The molecule has 1 aliphatic heterocycles. The number of nitrogens with zero attached hydrogens (tertiary/aromatic N) is 2. The van der Waals surface area contributed by atoms with Crippen molar-refractivity contribution in [2.75, 3.05) is 33.2 Å². The van der Waals surface area contributed by atoms with Crippen LogP contribution in [-0.4, -0.2) is 60.5 Å². The lowest BCUT2D eigenvalue weighted by atomic mass is 9.64. The zero-order chi connectivity index (χ0) is 15.6. The molecule has 2 saturated carbocycles. The van der Waals surface area contributed by atoms with Crippen LogP contribution in [0.3, 0.4) is 0 Å². The molecule has 0 aromatic rings. The van der Waals surface area contributed by atoms with Crippen LogP contribution in [-0.2, 0) is 14.4 Å². The number of Topliss-reactive ketones (excluding diaryl/α,β-unsaturated/α-hetero) is 2. The Morgan fingerprint density at radius 3 is 2.00 bits per heavy atom. The summed E-state index contributed by atoms with van der Waals surface area (Å²) in [7, 11) is 2.03. The average molecular weight is 292 g/mol. The number of fused-ring (bicyclic) bond motifs is 2. The lowest BCUT2D eigenvalue weighted by Gasteiger charge is -2.42. The number of amides is 1. The molecule has 0 N–H and O–H groups in total. The molecule has 21 heavy (non-hydrogen) atoms. The lowest BCUT2D eigenvalue weighted by Crippen LogP contribution is -2.56. The molecule has 5 nitrogen and oxygen atoms in total. The molecule has 0 radical (unpaired) electrons. The van der Waals surface area contributed by atoms with E-state index in [1.807, 2.05) is 27.8 Å². The molecule has 3 rings (SSSR count). The van der Waals surface area contributed by atoms with Gasteiger partial charge in [-0.25, -0.2) is 0 Å². The van der Waals surface area contributed by atoms with Gasteiger partial charge in [-0.2, -0.15) is 0 Å². The smallest absolute Gasteiger partial charge is 0.237 e. The summed E-state index contributed by atoms with van der Waals surface area (Å²) >= 11 is 0. The number of rotatable bonds is 1. The van der Waals surface area contributed by atoms with Crippen molar-refractivity contribution in [3.63, 3.8) is 0 Å². The highest BCUT2D eigenvalue weighted by Gasteiger charge is 2.78. The maximum absolute atomic E-state index is 13.1. The highest BCUT2D eigenvalue weighted by atomic mass is 16.2. The molecule has 3 aliphatic rings. The van der Waals surface area contributed by atoms with E-state index in [0.717, 1.165) is 13.1 Å². The highest BCUT2D eigenvalue weighted by molar-refractivity contribution is 6.48. The Morgan fingerprint density at radius 2 is 1.52 bits per heavy atom. The second-order valence-electron chi connectivity index (χ2n) is 7.62. The Balaban J connectivity index is 1.99. The minimum absolute atomic E-state index is 0.111. The lowest BCUT2D eigenvalue weighted by molar-refractivity contribution is -0.156. The molecule has 2 atom stereocenters. The number of piperazine rings is 1. The topological polar surface area (TPSA) is 57.7 Å². The molecule has 2 bridgehead atoms. The van der Waals surface area contributed by atoms with E-state index in [0.29, 0.717) is 25.9 Å². The van der Waals surface area contributed by atoms with Crippen molar-refractivity contribution in [2.45, 2.75) is 33.6 Å². The molecular weight excluding hydrogens is 268 g/mol. The molecule has 0 spiro atoms. The van der Waals surface area contributed by atoms with E-state index >= 15 is 0 Å². The van der Waals surface area contributed by atoms with Gasteiger partial charge in [0.15, 0.2) is 0 Å². The largest absolute Gasteiger partial charge is 0.339 e. The van der Waals surface area contributed by atoms with Gasteiger partial charge in [0.1, 0.15) is 5.41 Å². The number of hydrogen-bond acceptors (Lipinski definition) is 4. The third-order valence-electron chi connectivity index (χ3n) is 6.70. The van der Waals surface area contributed by atoms with Crippen molar-refractivity contribution in [1.82, 2.24) is 9.80 Å². The van der Waals surface area contributed by atoms with Gasteiger partial charge in [-0.1, -0.05) is 20.8 Å². The van der Waals surface area contributed by atoms with Crippen molar-refractivity contribution in [1.29, 1.82) is 0 Å². The van der Waals surface area contributed by atoms with Crippen LogP contribution in [0.25, 0.3) is 0 Å². The Bertz CT molecular complexity index is 534. The second-order valence-corrected chi connectivity index (χ2v) is 7.62. The Labute approximate surface area is 125 Å². The van der Waals surface area contributed by atoms with E-state index in [4.69, 9.17) is 0 Å². The van der Waals surface area contributed by atoms with Gasteiger partial charge in [0.25, 0.3) is 0 Å². The third kappa shape index (κ3) is 1.48. The predicted molar refractivity (Wildman–Crippen MR) is 77.6 cm³/mol. The third-order valence-corrected chi connectivity index (χ3v) is 6.70. The van der Waals surface area contributed by atoms with E-state index < -0.39 is 22.0 Å². The summed E-state index contributed by atoms with van der Waals surface area (Å²) in [6.45, 7) is 8.65. The molecule has 0 unspecified atom stereocenters. The predicted octanol–water partition coefficient (Wildman–Crippen LogP) is 0.725. The van der Waals surface area contributed by atoms with Gasteiger partial charge in [-0.15, -0.1) is 0 Å². The van der Waals surface area contributed by atoms with E-state index in [-0.39, 0.29) is 11.7 Å². The van der Waals surface area contributed by atoms with Crippen LogP contribution < -0.4 is 0 Å². The monoisotopic (exact) mass is 292 g/mol. The molecule has 1 amide bonds. The first kappa shape index (κ1) is 14.7. The average Bonchev–Trinajstić information content (AvgIpc) is 2.71. The van der Waals surface area contributed by atoms with Gasteiger partial charge < -0.3 is 9.80 Å². The van der Waals surface area contributed by atoms with Gasteiger partial charge in [-0.05, 0) is 25.3 Å². The van der Waals surface area contributed by atoms with E-state index in [2.05, 4.69) is 4.90 Å². The molecule has 1 heterocycles. The quantitative estimate of drug-likeness (QED) is 0.528. The van der Waals surface area contributed by atoms with Gasteiger partial charge >= 0.3 is 0 Å². The van der Waals surface area contributed by atoms with Crippen LogP contribution in [0.4, 0.5) is 0 Å². The second kappa shape index (κ2) is 4.15. The first-order valence-corrected chi connectivity index (χ1v) is 7.76. The molecule has 5 heteroatoms. The number of ketones is 2. The van der Waals surface area contributed by atoms with Crippen LogP contribution in [0.15, 0.2) is 0 Å². The zero-order valence-corrected chi connectivity index (χ0v) is 13.4. The summed E-state index contributed by atoms with van der Waals surface area (Å²) in [6.07, 6.45) is 1.16. The SMILES string of the molecule is CN1CCN(C(=O)[C@@]23CC[C@](C)(C(=O)C2=O)C3(C)C)CC1. The summed E-state index contributed by atoms with van der Waals surface area (Å²) in [5, 5.41) is 0. The van der Waals surface area contributed by atoms with Crippen LogP contribution in [0.1, 0.15) is 33.6 Å². The first-order valence-electron chi connectivity index (χ1n) is 7.76. The van der Waals surface area contributed by atoms with Crippen LogP contribution >= 0.6 is 0 Å². The molecule has 1 saturated heterocycles. The number of carbonyl (C=O) groups is 3. The van der Waals surface area contributed by atoms with Crippen molar-refractivity contribution >= 4 is 17.5 Å². The van der Waals surface area contributed by atoms with Gasteiger partial charge in [0, 0.05) is 31.6 Å². The zero-order valence-electron chi connectivity index (χ0n) is 13.4. The summed E-state index contributed by atoms with van der Waals surface area (Å²) in [5.41, 5.74) is -2.38. The summed E-state index contributed by atoms with van der Waals surface area (Å²) < 4.78 is 0. The maximum Gasteiger partial charge on any atom is 0.237 e. The molecular formula is C16H24N2O3. The number of carbonyl (C=O) groups excluding carboxylic acids is 3. The minimum atomic E-state index is -1.12. The first-order chi connectivity index (χ1) is 9.68. The van der Waals surface area contributed by atoms with Crippen LogP contribution in [0.2, 0.25) is 0 Å². The minimum Gasteiger partial charge on any atom is -0.339 e. The van der Waals surface area contributed by atoms with Crippen molar-refractivity contribution in [3.8, 4) is 0 Å². The Hall–Kier alpha value is -1.23. The fourth-order valence-corrected chi connectivity index (χ4v) is 4.52. The van der Waals surface area contributed by atoms with E-state index in [9.17, 15) is 14.4 Å². The summed E-state index contributed by atoms with van der Waals surface area (Å²) in [4.78, 5) is 42.2. The molecule has 2 aliphatic carbocycles. The maximum atomic E-state index is 13.1. The molecule has 3 fully saturated rings. The van der Waals surface area contributed by atoms with E-state index in [1.165, 1.54) is 0 Å². The highest BCUT2D eigenvalue weighted by Crippen LogP contribution is 2.69. The standard InChI is InChI=1S/C16H24N2O3/c1-14(2)15(3)5-6-16(14,12(20)11(15)19)13(21)18-9-7-17(4)8-10-18/h5-10H2,1-4H3/t15-,16-/m1/s1. The van der Waals surface area contributed by atoms with Crippen molar-refractivity contribution in [3.05, 3.63) is 0 Å². The van der Waals surface area contributed by atoms with Crippen LogP contribution in [0.5, 0.6) is 0 Å². The Morgan fingerprint density at radius 1 is 0.952 bits per heavy atom. The molecule has 0 aromatic heterocycles. The van der Waals surface area contributed by atoms with Gasteiger partial charge in [-0.3, -0.25) is 14.4 Å². The van der Waals surface area contributed by atoms with Crippen molar-refractivity contribution < 1.29 is 14.4 Å². The normalized spacial score (nSPS) is 39.1. The van der Waals surface area contributed by atoms with Gasteiger partial charge in [0.2, 0.25) is 17.5 Å². The fraction of sp³-hybridized carbons (Fsp3) is 0.812. The van der Waals surface area contributed by atoms with Gasteiger partial charge in [0.05, 0.1) is 0 Å². The summed E-state index contributed by atoms with van der Waals surface area (Å²) in [5.74, 6) is -0.883.